The average Bonchev–Trinajstić information content (AvgIpc) is 2.77. The lowest BCUT2D eigenvalue weighted by molar-refractivity contribution is -0.132. The Morgan fingerprint density at radius 2 is 1.55 bits per heavy atom. The second-order valence-electron chi connectivity index (χ2n) is 8.74. The van der Waals surface area contributed by atoms with Crippen molar-refractivity contribution < 1.29 is 17.9 Å². The first-order chi connectivity index (χ1) is 15.5. The van der Waals surface area contributed by atoms with Crippen LogP contribution in [0.1, 0.15) is 40.7 Å². The summed E-state index contributed by atoms with van der Waals surface area (Å²) in [6, 6.07) is 7.52. The molecule has 0 aromatic heterocycles. The zero-order valence-electron chi connectivity index (χ0n) is 20.1. The molecule has 0 N–H and O–H groups in total. The Bertz CT molecular complexity index is 1110. The molecule has 1 heterocycles. The van der Waals surface area contributed by atoms with E-state index < -0.39 is 10.0 Å². The molecular weight excluding hydrogens is 460 g/mol. The number of hydrogen-bond acceptors (Lipinski definition) is 4. The fraction of sp³-hybridized carbons (Fsp3) is 0.480. The van der Waals surface area contributed by atoms with Crippen LogP contribution < -0.4 is 4.74 Å². The van der Waals surface area contributed by atoms with E-state index in [4.69, 9.17) is 16.3 Å². The van der Waals surface area contributed by atoms with Gasteiger partial charge in [0.05, 0.1) is 11.5 Å². The number of benzene rings is 2. The van der Waals surface area contributed by atoms with E-state index in [1.54, 1.807) is 11.0 Å². The molecule has 1 saturated heterocycles. The Balaban J connectivity index is 1.53. The normalized spacial score (nSPS) is 15.0. The molecule has 2 aromatic carbocycles. The molecule has 0 atom stereocenters. The van der Waals surface area contributed by atoms with Crippen LogP contribution in [0.25, 0.3) is 0 Å². The van der Waals surface area contributed by atoms with Crippen molar-refractivity contribution in [3.8, 4) is 5.75 Å². The Morgan fingerprint density at radius 3 is 2.12 bits per heavy atom. The zero-order valence-corrected chi connectivity index (χ0v) is 21.6. The molecule has 0 radical (unpaired) electrons. The van der Waals surface area contributed by atoms with Crippen LogP contribution in [-0.4, -0.2) is 56.3 Å². The first kappa shape index (κ1) is 25.5. The van der Waals surface area contributed by atoms with Crippen LogP contribution in [0, 0.1) is 34.6 Å². The van der Waals surface area contributed by atoms with Gasteiger partial charge in [-0.2, -0.15) is 4.31 Å². The number of aryl methyl sites for hydroxylation is 3. The van der Waals surface area contributed by atoms with E-state index in [2.05, 4.69) is 0 Å². The average molecular weight is 493 g/mol. The number of sulfonamides is 1. The SMILES string of the molecule is Cc1cc(OCCCC(=O)N2CCN(S(=O)(=O)c3c(C)c(C)cc(C)c3C)CC2)ccc1Cl. The molecule has 0 aliphatic carbocycles. The quantitative estimate of drug-likeness (QED) is 0.531. The van der Waals surface area contributed by atoms with Crippen molar-refractivity contribution >= 4 is 27.5 Å². The van der Waals surface area contributed by atoms with Gasteiger partial charge in [0.1, 0.15) is 5.75 Å². The Labute approximate surface area is 202 Å². The maximum Gasteiger partial charge on any atom is 0.243 e. The van der Waals surface area contributed by atoms with Crippen LogP contribution >= 0.6 is 11.6 Å². The van der Waals surface area contributed by atoms with E-state index in [9.17, 15) is 13.2 Å². The van der Waals surface area contributed by atoms with Crippen LogP contribution in [0.4, 0.5) is 0 Å². The third-order valence-corrected chi connectivity index (χ3v) is 9.02. The summed E-state index contributed by atoms with van der Waals surface area (Å²) in [6.45, 7) is 11.4. The number of carbonyl (C=O) groups excluding carboxylic acids is 1. The highest BCUT2D eigenvalue weighted by atomic mass is 35.5. The predicted molar refractivity (Wildman–Crippen MR) is 132 cm³/mol. The first-order valence-corrected chi connectivity index (χ1v) is 13.1. The summed E-state index contributed by atoms with van der Waals surface area (Å²) in [5.41, 5.74) is 4.49. The number of hydrogen-bond donors (Lipinski definition) is 0. The number of rotatable bonds is 7. The van der Waals surface area contributed by atoms with Gasteiger partial charge >= 0.3 is 0 Å². The predicted octanol–water partition coefficient (Wildman–Crippen LogP) is 4.57. The lowest BCUT2D eigenvalue weighted by atomic mass is 10.0. The van der Waals surface area contributed by atoms with Gasteiger partial charge in [-0.05, 0) is 87.1 Å². The number of carbonyl (C=O) groups is 1. The molecular formula is C25H33ClN2O4S. The molecule has 1 aliphatic rings. The molecule has 6 nitrogen and oxygen atoms in total. The van der Waals surface area contributed by atoms with Gasteiger partial charge in [-0.3, -0.25) is 4.79 Å². The van der Waals surface area contributed by atoms with Gasteiger partial charge in [-0.25, -0.2) is 8.42 Å². The molecule has 1 amide bonds. The fourth-order valence-electron chi connectivity index (χ4n) is 4.15. The summed E-state index contributed by atoms with van der Waals surface area (Å²) in [7, 11) is -3.61. The molecule has 8 heteroatoms. The first-order valence-electron chi connectivity index (χ1n) is 11.3. The Hall–Kier alpha value is -2.09. The summed E-state index contributed by atoms with van der Waals surface area (Å²) in [5.74, 6) is 0.766. The van der Waals surface area contributed by atoms with Crippen molar-refractivity contribution in [1.29, 1.82) is 0 Å². The fourth-order valence-corrected chi connectivity index (χ4v) is 6.27. The van der Waals surface area contributed by atoms with Crippen molar-refractivity contribution in [3.63, 3.8) is 0 Å². The van der Waals surface area contributed by atoms with Crippen LogP contribution in [0.5, 0.6) is 5.75 Å². The molecule has 3 rings (SSSR count). The van der Waals surface area contributed by atoms with Gasteiger partial charge < -0.3 is 9.64 Å². The molecule has 180 valence electrons. The van der Waals surface area contributed by atoms with Crippen LogP contribution in [0.2, 0.25) is 5.02 Å². The maximum absolute atomic E-state index is 13.4. The largest absolute Gasteiger partial charge is 0.494 e. The topological polar surface area (TPSA) is 66.9 Å². The minimum absolute atomic E-state index is 0.0293. The molecule has 1 aliphatic heterocycles. The molecule has 0 spiro atoms. The van der Waals surface area contributed by atoms with Crippen molar-refractivity contribution in [2.45, 2.75) is 52.4 Å². The van der Waals surface area contributed by atoms with Crippen molar-refractivity contribution in [1.82, 2.24) is 9.21 Å². The minimum atomic E-state index is -3.61. The van der Waals surface area contributed by atoms with Crippen LogP contribution in [-0.2, 0) is 14.8 Å². The van der Waals surface area contributed by atoms with E-state index in [1.165, 1.54) is 4.31 Å². The van der Waals surface area contributed by atoms with Crippen molar-refractivity contribution in [2.75, 3.05) is 32.8 Å². The van der Waals surface area contributed by atoms with E-state index in [0.717, 1.165) is 33.6 Å². The summed E-state index contributed by atoms with van der Waals surface area (Å²) in [4.78, 5) is 14.8. The molecule has 0 saturated carbocycles. The van der Waals surface area contributed by atoms with E-state index in [1.807, 2.05) is 52.8 Å². The summed E-state index contributed by atoms with van der Waals surface area (Å²) < 4.78 is 34.0. The minimum Gasteiger partial charge on any atom is -0.494 e. The van der Waals surface area contributed by atoms with Crippen molar-refractivity contribution in [3.05, 3.63) is 57.1 Å². The maximum atomic E-state index is 13.4. The highest BCUT2D eigenvalue weighted by molar-refractivity contribution is 7.89. The third-order valence-electron chi connectivity index (χ3n) is 6.42. The number of amides is 1. The molecule has 1 fully saturated rings. The summed E-state index contributed by atoms with van der Waals surface area (Å²) in [5, 5.41) is 0.696. The van der Waals surface area contributed by atoms with E-state index in [-0.39, 0.29) is 5.91 Å². The lowest BCUT2D eigenvalue weighted by Gasteiger charge is -2.35. The smallest absolute Gasteiger partial charge is 0.243 e. The van der Waals surface area contributed by atoms with Crippen LogP contribution in [0.15, 0.2) is 29.2 Å². The Morgan fingerprint density at radius 1 is 0.939 bits per heavy atom. The van der Waals surface area contributed by atoms with Gasteiger partial charge in [-0.15, -0.1) is 0 Å². The molecule has 2 aromatic rings. The monoisotopic (exact) mass is 492 g/mol. The standard InChI is InChI=1S/C25H33ClN2O4S/c1-17-15-18(2)21(5)25(20(17)4)33(30,31)28-12-10-27(11-13-28)24(29)7-6-14-32-22-8-9-23(26)19(3)16-22/h8-9,15-16H,6-7,10-14H2,1-5H3. The molecule has 0 bridgehead atoms. The van der Waals surface area contributed by atoms with Gasteiger partial charge in [0.2, 0.25) is 15.9 Å². The van der Waals surface area contributed by atoms with E-state index in [0.29, 0.717) is 55.5 Å². The van der Waals surface area contributed by atoms with Gasteiger partial charge in [0.25, 0.3) is 0 Å². The molecule has 33 heavy (non-hydrogen) atoms. The zero-order chi connectivity index (χ0) is 24.3. The van der Waals surface area contributed by atoms with Crippen LogP contribution in [0.3, 0.4) is 0 Å². The second kappa shape index (κ2) is 10.5. The van der Waals surface area contributed by atoms with Gasteiger partial charge in [-0.1, -0.05) is 17.7 Å². The Kier molecular flexibility index (Phi) is 8.08. The number of nitrogens with zero attached hydrogens (tertiary/aromatic N) is 2. The van der Waals surface area contributed by atoms with E-state index >= 15 is 0 Å². The van der Waals surface area contributed by atoms with Gasteiger partial charge in [0.15, 0.2) is 0 Å². The summed E-state index contributed by atoms with van der Waals surface area (Å²) in [6.07, 6.45) is 0.967. The van der Waals surface area contributed by atoms with Gasteiger partial charge in [0, 0.05) is 37.6 Å². The number of ether oxygens (including phenoxy) is 1. The third kappa shape index (κ3) is 5.70. The number of halogens is 1. The molecule has 0 unspecified atom stereocenters. The highest BCUT2D eigenvalue weighted by Gasteiger charge is 2.32. The van der Waals surface area contributed by atoms with Crippen molar-refractivity contribution in [2.24, 2.45) is 0 Å². The summed E-state index contributed by atoms with van der Waals surface area (Å²) >= 11 is 6.03. The highest BCUT2D eigenvalue weighted by Crippen LogP contribution is 2.29. The number of piperazine rings is 1. The second-order valence-corrected chi connectivity index (χ2v) is 11.0. The lowest BCUT2D eigenvalue weighted by Crippen LogP contribution is -2.50.